The first-order valence-electron chi connectivity index (χ1n) is 11.6. The maximum absolute atomic E-state index is 13.6. The van der Waals surface area contributed by atoms with Gasteiger partial charge in [-0.15, -0.1) is 0 Å². The Morgan fingerprint density at radius 3 is 2.57 bits per heavy atom. The first kappa shape index (κ1) is 21.9. The summed E-state index contributed by atoms with van der Waals surface area (Å²) in [5.41, 5.74) is 2.67. The number of aromatic nitrogens is 2. The number of benzene rings is 3. The van der Waals surface area contributed by atoms with Crippen LogP contribution in [0, 0.1) is 11.7 Å². The molecule has 0 spiro atoms. The lowest BCUT2D eigenvalue weighted by Gasteiger charge is -2.39. The predicted molar refractivity (Wildman–Crippen MR) is 132 cm³/mol. The van der Waals surface area contributed by atoms with E-state index in [0.717, 1.165) is 35.3 Å². The Morgan fingerprint density at radius 2 is 1.74 bits per heavy atom. The van der Waals surface area contributed by atoms with E-state index in [9.17, 15) is 4.39 Å². The topological polar surface area (TPSA) is 56.7 Å². The number of halogens is 2. The largest absolute Gasteiger partial charge is 0.493 e. The lowest BCUT2D eigenvalue weighted by Crippen LogP contribution is -2.42. The molecule has 3 aromatic carbocycles. The molecule has 6 nitrogen and oxygen atoms in total. The minimum Gasteiger partial charge on any atom is -0.493 e. The summed E-state index contributed by atoms with van der Waals surface area (Å²) in [4.78, 5) is 11.5. The van der Waals surface area contributed by atoms with E-state index in [1.54, 1.807) is 0 Å². The third-order valence-electron chi connectivity index (χ3n) is 6.65. The van der Waals surface area contributed by atoms with E-state index < -0.39 is 0 Å². The van der Waals surface area contributed by atoms with Crippen molar-refractivity contribution >= 4 is 28.5 Å². The van der Waals surface area contributed by atoms with Gasteiger partial charge in [-0.1, -0.05) is 35.9 Å². The molecule has 4 aromatic rings. The molecule has 35 heavy (non-hydrogen) atoms. The number of piperidine rings is 1. The lowest BCUT2D eigenvalue weighted by atomic mass is 9.81. The molecule has 0 amide bonds. The molecular weight excluding hydrogens is 469 g/mol. The fraction of sp³-hybridized carbons (Fsp3) is 0.259. The van der Waals surface area contributed by atoms with Crippen molar-refractivity contribution in [3.8, 4) is 17.2 Å². The molecule has 2 atom stereocenters. The van der Waals surface area contributed by atoms with E-state index in [1.165, 1.54) is 12.1 Å². The van der Waals surface area contributed by atoms with Crippen LogP contribution >= 0.6 is 11.6 Å². The highest BCUT2D eigenvalue weighted by Gasteiger charge is 2.33. The number of hydrogen-bond donors (Lipinski definition) is 0. The number of hydrogen-bond acceptors (Lipinski definition) is 6. The van der Waals surface area contributed by atoms with Crippen LogP contribution in [0.1, 0.15) is 17.9 Å². The number of anilines is 1. The lowest BCUT2D eigenvalue weighted by molar-refractivity contribution is 0.173. The van der Waals surface area contributed by atoms with Crippen LogP contribution in [0.25, 0.3) is 11.0 Å². The number of fused-ring (bicyclic) bond motifs is 2. The summed E-state index contributed by atoms with van der Waals surface area (Å²) in [6.07, 6.45) is 0.853. The molecule has 0 saturated carbocycles. The van der Waals surface area contributed by atoms with Crippen molar-refractivity contribution in [1.29, 1.82) is 0 Å². The molecule has 6 rings (SSSR count). The number of rotatable bonds is 5. The van der Waals surface area contributed by atoms with E-state index >= 15 is 0 Å². The zero-order chi connectivity index (χ0) is 23.8. The Balaban J connectivity index is 1.27. The van der Waals surface area contributed by atoms with Crippen LogP contribution in [-0.2, 0) is 0 Å². The summed E-state index contributed by atoms with van der Waals surface area (Å²) in [6, 6.07) is 20.1. The normalized spacial score (nSPS) is 19.2. The average molecular weight is 492 g/mol. The monoisotopic (exact) mass is 491 g/mol. The summed E-state index contributed by atoms with van der Waals surface area (Å²) >= 11 is 6.57. The molecule has 2 aliphatic heterocycles. The second kappa shape index (κ2) is 9.23. The second-order valence-electron chi connectivity index (χ2n) is 8.81. The standard InChI is InChI=1S/C27H23ClFN3O3/c28-26-27(31-23-4-2-1-3-22(23)30-26)32-12-11-21(17-5-7-19(29)8-6-17)18(14-32)15-33-20-9-10-24-25(13-20)35-16-34-24/h1-10,13,18,21H,11-12,14-16H2. The van der Waals surface area contributed by atoms with Gasteiger partial charge in [0.15, 0.2) is 22.5 Å². The van der Waals surface area contributed by atoms with Gasteiger partial charge >= 0.3 is 0 Å². The van der Waals surface area contributed by atoms with Gasteiger partial charge in [0, 0.05) is 25.1 Å². The van der Waals surface area contributed by atoms with Crippen molar-refractivity contribution in [2.75, 3.05) is 31.4 Å². The van der Waals surface area contributed by atoms with Crippen molar-refractivity contribution in [3.63, 3.8) is 0 Å². The molecule has 8 heteroatoms. The van der Waals surface area contributed by atoms with Gasteiger partial charge in [-0.3, -0.25) is 0 Å². The van der Waals surface area contributed by atoms with Gasteiger partial charge in [0.1, 0.15) is 11.6 Å². The quantitative estimate of drug-likeness (QED) is 0.349. The highest BCUT2D eigenvalue weighted by molar-refractivity contribution is 6.32. The summed E-state index contributed by atoms with van der Waals surface area (Å²) < 4.78 is 30.7. The maximum atomic E-state index is 13.6. The molecular formula is C27H23ClFN3O3. The summed E-state index contributed by atoms with van der Waals surface area (Å²) in [7, 11) is 0. The van der Waals surface area contributed by atoms with Crippen LogP contribution in [0.5, 0.6) is 17.2 Å². The van der Waals surface area contributed by atoms with Crippen LogP contribution < -0.4 is 19.1 Å². The zero-order valence-corrected chi connectivity index (χ0v) is 19.6. The fourth-order valence-electron chi connectivity index (χ4n) is 4.88. The molecule has 0 bridgehead atoms. The Morgan fingerprint density at radius 1 is 0.971 bits per heavy atom. The Hall–Kier alpha value is -3.58. The average Bonchev–Trinajstić information content (AvgIpc) is 3.35. The van der Waals surface area contributed by atoms with E-state index in [2.05, 4.69) is 9.88 Å². The van der Waals surface area contributed by atoms with Crippen molar-refractivity contribution in [2.24, 2.45) is 5.92 Å². The highest BCUT2D eigenvalue weighted by Crippen LogP contribution is 2.38. The van der Waals surface area contributed by atoms with Gasteiger partial charge in [-0.05, 0) is 54.3 Å². The third-order valence-corrected chi connectivity index (χ3v) is 6.90. The number of ether oxygens (including phenoxy) is 3. The highest BCUT2D eigenvalue weighted by atomic mass is 35.5. The first-order chi connectivity index (χ1) is 17.1. The van der Waals surface area contributed by atoms with E-state index in [-0.39, 0.29) is 24.4 Å². The summed E-state index contributed by atoms with van der Waals surface area (Å²) in [5.74, 6) is 2.87. The molecule has 178 valence electrons. The zero-order valence-electron chi connectivity index (χ0n) is 18.9. The Kier molecular flexibility index (Phi) is 5.78. The molecule has 0 aliphatic carbocycles. The molecule has 1 fully saturated rings. The summed E-state index contributed by atoms with van der Waals surface area (Å²) in [5, 5.41) is 0.388. The predicted octanol–water partition coefficient (Wildman–Crippen LogP) is 5.84. The van der Waals surface area contributed by atoms with Gasteiger partial charge in [-0.2, -0.15) is 0 Å². The van der Waals surface area contributed by atoms with Crippen LogP contribution in [-0.4, -0.2) is 36.5 Å². The molecule has 1 saturated heterocycles. The van der Waals surface area contributed by atoms with Crippen molar-refractivity contribution in [3.05, 3.63) is 83.3 Å². The van der Waals surface area contributed by atoms with Crippen LogP contribution in [0.15, 0.2) is 66.7 Å². The van der Waals surface area contributed by atoms with E-state index in [0.29, 0.717) is 35.6 Å². The first-order valence-corrected chi connectivity index (χ1v) is 12.0. The van der Waals surface area contributed by atoms with Gasteiger partial charge in [0.05, 0.1) is 17.6 Å². The van der Waals surface area contributed by atoms with Crippen molar-refractivity contribution in [1.82, 2.24) is 9.97 Å². The molecule has 3 heterocycles. The molecule has 2 aliphatic rings. The smallest absolute Gasteiger partial charge is 0.231 e. The minimum absolute atomic E-state index is 0.115. The fourth-order valence-corrected chi connectivity index (χ4v) is 5.14. The Labute approximate surface area is 207 Å². The van der Waals surface area contributed by atoms with E-state index in [4.69, 9.17) is 30.8 Å². The molecule has 2 unspecified atom stereocenters. The van der Waals surface area contributed by atoms with Crippen LogP contribution in [0.2, 0.25) is 5.15 Å². The number of para-hydroxylation sites is 2. The summed E-state index contributed by atoms with van der Waals surface area (Å²) in [6.45, 7) is 2.13. The third kappa shape index (κ3) is 4.44. The van der Waals surface area contributed by atoms with Gasteiger partial charge in [0.25, 0.3) is 0 Å². The van der Waals surface area contributed by atoms with Crippen LogP contribution in [0.3, 0.4) is 0 Å². The SMILES string of the molecule is Fc1ccc(C2CCN(c3nc4ccccc4nc3Cl)CC2COc2ccc3c(c2)OCO3)cc1. The Bertz CT molecular complexity index is 1370. The van der Waals surface area contributed by atoms with Crippen molar-refractivity contribution in [2.45, 2.75) is 12.3 Å². The second-order valence-corrected chi connectivity index (χ2v) is 9.16. The molecule has 0 radical (unpaired) electrons. The number of nitrogens with zero attached hydrogens (tertiary/aromatic N) is 3. The molecule has 0 N–H and O–H groups in total. The van der Waals surface area contributed by atoms with Gasteiger partial charge in [-0.25, -0.2) is 14.4 Å². The van der Waals surface area contributed by atoms with Gasteiger partial charge < -0.3 is 19.1 Å². The van der Waals surface area contributed by atoms with Gasteiger partial charge in [0.2, 0.25) is 6.79 Å². The van der Waals surface area contributed by atoms with Crippen molar-refractivity contribution < 1.29 is 18.6 Å². The maximum Gasteiger partial charge on any atom is 0.231 e. The van der Waals surface area contributed by atoms with Crippen LogP contribution in [0.4, 0.5) is 10.2 Å². The minimum atomic E-state index is -0.238. The van der Waals surface area contributed by atoms with E-state index in [1.807, 2.05) is 54.6 Å². The molecule has 1 aromatic heterocycles.